The van der Waals surface area contributed by atoms with Crippen LogP contribution < -0.4 is 0 Å². The van der Waals surface area contributed by atoms with Crippen molar-refractivity contribution in [1.82, 2.24) is 14.8 Å². The molecule has 0 aliphatic carbocycles. The molecule has 2 saturated heterocycles. The Kier molecular flexibility index (Phi) is 6.28. The molecule has 2 fully saturated rings. The zero-order chi connectivity index (χ0) is 23.5. The van der Waals surface area contributed by atoms with Crippen molar-refractivity contribution < 1.29 is 14.4 Å². The highest BCUT2D eigenvalue weighted by molar-refractivity contribution is 7.09. The SMILES string of the molecule is O=C1C[C@@](CC(=O)N2CCCC[C@H]2c2cccnc2)(c2ccccc2)C(=O)N1Cc1cccs1. The van der Waals surface area contributed by atoms with E-state index in [9.17, 15) is 14.4 Å². The third-order valence-corrected chi connectivity index (χ3v) is 7.84. The third-order valence-electron chi connectivity index (χ3n) is 6.97. The molecule has 3 amide bonds. The molecule has 174 valence electrons. The van der Waals surface area contributed by atoms with Crippen LogP contribution in [0.25, 0.3) is 0 Å². The predicted octanol–water partition coefficient (Wildman–Crippen LogP) is 4.48. The Hall–Kier alpha value is -3.32. The van der Waals surface area contributed by atoms with Gasteiger partial charge in [0.25, 0.3) is 0 Å². The van der Waals surface area contributed by atoms with Crippen LogP contribution in [-0.2, 0) is 26.3 Å². The van der Waals surface area contributed by atoms with E-state index in [1.807, 2.05) is 71.1 Å². The van der Waals surface area contributed by atoms with Gasteiger partial charge in [0.2, 0.25) is 17.7 Å². The molecule has 3 aromatic rings. The Morgan fingerprint density at radius 3 is 2.65 bits per heavy atom. The average Bonchev–Trinajstić information content (AvgIpc) is 3.48. The first-order valence-corrected chi connectivity index (χ1v) is 12.6. The van der Waals surface area contributed by atoms with E-state index in [0.29, 0.717) is 6.54 Å². The summed E-state index contributed by atoms with van der Waals surface area (Å²) in [5.74, 6) is -0.588. The second-order valence-corrected chi connectivity index (χ2v) is 10.1. The number of amides is 3. The molecule has 4 heterocycles. The summed E-state index contributed by atoms with van der Waals surface area (Å²) in [6.07, 6.45) is 6.38. The molecule has 5 rings (SSSR count). The summed E-state index contributed by atoms with van der Waals surface area (Å²) in [5.41, 5.74) is 0.562. The summed E-state index contributed by atoms with van der Waals surface area (Å²) in [7, 11) is 0. The minimum atomic E-state index is -1.18. The van der Waals surface area contributed by atoms with E-state index in [2.05, 4.69) is 4.98 Å². The molecule has 2 aromatic heterocycles. The summed E-state index contributed by atoms with van der Waals surface area (Å²) in [6, 6.07) is 17.0. The van der Waals surface area contributed by atoms with Crippen molar-refractivity contribution in [2.24, 2.45) is 0 Å². The van der Waals surface area contributed by atoms with E-state index in [-0.39, 0.29) is 43.1 Å². The number of thiophene rings is 1. The number of nitrogens with zero attached hydrogens (tertiary/aromatic N) is 3. The molecule has 6 nitrogen and oxygen atoms in total. The van der Waals surface area contributed by atoms with E-state index >= 15 is 0 Å². The summed E-state index contributed by atoms with van der Waals surface area (Å²) >= 11 is 1.52. The number of benzene rings is 1. The molecule has 0 spiro atoms. The lowest BCUT2D eigenvalue weighted by Crippen LogP contribution is -2.45. The first-order valence-electron chi connectivity index (χ1n) is 11.7. The number of hydrogen-bond acceptors (Lipinski definition) is 5. The lowest BCUT2D eigenvalue weighted by Gasteiger charge is -2.38. The van der Waals surface area contributed by atoms with Gasteiger partial charge in [0.15, 0.2) is 0 Å². The van der Waals surface area contributed by atoms with Crippen molar-refractivity contribution in [2.45, 2.75) is 50.1 Å². The molecule has 2 atom stereocenters. The van der Waals surface area contributed by atoms with Crippen molar-refractivity contribution >= 4 is 29.1 Å². The maximum atomic E-state index is 13.9. The van der Waals surface area contributed by atoms with Crippen LogP contribution in [0.5, 0.6) is 0 Å². The van der Waals surface area contributed by atoms with E-state index in [1.54, 1.807) is 6.20 Å². The van der Waals surface area contributed by atoms with Gasteiger partial charge in [0.1, 0.15) is 0 Å². The topological polar surface area (TPSA) is 70.6 Å². The van der Waals surface area contributed by atoms with Crippen molar-refractivity contribution in [3.8, 4) is 0 Å². The van der Waals surface area contributed by atoms with Gasteiger partial charge < -0.3 is 4.90 Å². The molecule has 1 aromatic carbocycles. The number of carbonyl (C=O) groups is 3. The molecule has 0 unspecified atom stereocenters. The van der Waals surface area contributed by atoms with Gasteiger partial charge in [-0.3, -0.25) is 24.3 Å². The Morgan fingerprint density at radius 1 is 1.06 bits per heavy atom. The minimum Gasteiger partial charge on any atom is -0.336 e. The van der Waals surface area contributed by atoms with Crippen LogP contribution in [0.2, 0.25) is 0 Å². The van der Waals surface area contributed by atoms with E-state index in [1.165, 1.54) is 16.2 Å². The molecule has 0 N–H and O–H groups in total. The van der Waals surface area contributed by atoms with Gasteiger partial charge in [-0.05, 0) is 47.9 Å². The highest BCUT2D eigenvalue weighted by atomic mass is 32.1. The van der Waals surface area contributed by atoms with Gasteiger partial charge in [0.05, 0.1) is 18.0 Å². The monoisotopic (exact) mass is 473 g/mol. The van der Waals surface area contributed by atoms with Crippen LogP contribution >= 0.6 is 11.3 Å². The van der Waals surface area contributed by atoms with Gasteiger partial charge in [-0.1, -0.05) is 42.5 Å². The fourth-order valence-electron chi connectivity index (χ4n) is 5.25. The smallest absolute Gasteiger partial charge is 0.241 e. The van der Waals surface area contributed by atoms with E-state index in [4.69, 9.17) is 0 Å². The quantitative estimate of drug-likeness (QED) is 0.495. The molecule has 34 heavy (non-hydrogen) atoms. The largest absolute Gasteiger partial charge is 0.336 e. The molecular weight excluding hydrogens is 446 g/mol. The van der Waals surface area contributed by atoms with Crippen molar-refractivity contribution in [2.75, 3.05) is 6.54 Å². The standard InChI is InChI=1S/C27H27N3O3S/c31-24(29-14-5-4-12-23(29)20-8-6-13-28-18-20)16-27(21-9-2-1-3-10-21)17-25(32)30(26(27)33)19-22-11-7-15-34-22/h1-3,6-11,13,15,18,23H,4-5,12,14,16-17,19H2/t23-,27-/m0/s1. The fourth-order valence-corrected chi connectivity index (χ4v) is 5.94. The van der Waals surface area contributed by atoms with Crippen LogP contribution in [0.4, 0.5) is 0 Å². The predicted molar refractivity (Wildman–Crippen MR) is 130 cm³/mol. The van der Waals surface area contributed by atoms with Crippen LogP contribution in [-0.4, -0.2) is 39.1 Å². The van der Waals surface area contributed by atoms with Gasteiger partial charge in [-0.2, -0.15) is 0 Å². The Morgan fingerprint density at radius 2 is 1.91 bits per heavy atom. The lowest BCUT2D eigenvalue weighted by molar-refractivity contribution is -0.144. The highest BCUT2D eigenvalue weighted by Crippen LogP contribution is 2.42. The molecule has 0 bridgehead atoms. The molecule has 2 aliphatic heterocycles. The zero-order valence-electron chi connectivity index (χ0n) is 18.9. The number of carbonyl (C=O) groups excluding carboxylic acids is 3. The van der Waals surface area contributed by atoms with Crippen LogP contribution in [0.15, 0.2) is 72.4 Å². The number of rotatable bonds is 6. The summed E-state index contributed by atoms with van der Waals surface area (Å²) in [5, 5.41) is 1.93. The number of piperidine rings is 1. The fraction of sp³-hybridized carbons (Fsp3) is 0.333. The number of imide groups is 1. The van der Waals surface area contributed by atoms with Gasteiger partial charge in [-0.15, -0.1) is 11.3 Å². The van der Waals surface area contributed by atoms with Crippen LogP contribution in [0.3, 0.4) is 0 Å². The van der Waals surface area contributed by atoms with E-state index < -0.39 is 5.41 Å². The first-order chi connectivity index (χ1) is 16.6. The normalized spacial score (nSPS) is 22.9. The molecule has 2 aliphatic rings. The zero-order valence-corrected chi connectivity index (χ0v) is 19.7. The highest BCUT2D eigenvalue weighted by Gasteiger charge is 2.54. The van der Waals surface area contributed by atoms with Crippen LogP contribution in [0, 0.1) is 0 Å². The lowest BCUT2D eigenvalue weighted by atomic mass is 9.75. The second kappa shape index (κ2) is 9.50. The minimum absolute atomic E-state index is 0.0123. The Bertz CT molecular complexity index is 1170. The Labute approximate surface area is 203 Å². The van der Waals surface area contributed by atoms with Gasteiger partial charge in [-0.25, -0.2) is 0 Å². The van der Waals surface area contributed by atoms with Crippen molar-refractivity contribution in [3.63, 3.8) is 0 Å². The number of pyridine rings is 1. The molecule has 0 radical (unpaired) electrons. The molecule has 7 heteroatoms. The summed E-state index contributed by atoms with van der Waals surface area (Å²) in [6.45, 7) is 0.893. The van der Waals surface area contributed by atoms with E-state index in [0.717, 1.165) is 35.3 Å². The molecular formula is C27H27N3O3S. The maximum absolute atomic E-state index is 13.9. The number of likely N-dealkylation sites (tertiary alicyclic amines) is 2. The number of hydrogen-bond donors (Lipinski definition) is 0. The first kappa shape index (κ1) is 22.5. The van der Waals surface area contributed by atoms with Crippen molar-refractivity contribution in [3.05, 3.63) is 88.4 Å². The third kappa shape index (κ3) is 4.16. The average molecular weight is 474 g/mol. The second-order valence-electron chi connectivity index (χ2n) is 9.05. The summed E-state index contributed by atoms with van der Waals surface area (Å²) < 4.78 is 0. The van der Waals surface area contributed by atoms with Crippen molar-refractivity contribution in [1.29, 1.82) is 0 Å². The summed E-state index contributed by atoms with van der Waals surface area (Å²) in [4.78, 5) is 49.2. The van der Waals surface area contributed by atoms with Gasteiger partial charge >= 0.3 is 0 Å². The van der Waals surface area contributed by atoms with Gasteiger partial charge in [0, 0.05) is 36.7 Å². The number of aromatic nitrogens is 1. The van der Waals surface area contributed by atoms with Crippen LogP contribution in [0.1, 0.15) is 54.1 Å². The molecule has 0 saturated carbocycles. The Balaban J connectivity index is 1.47. The maximum Gasteiger partial charge on any atom is 0.241 e.